The number of sulfonamides is 1. The highest BCUT2D eigenvalue weighted by atomic mass is 35.5. The molecule has 0 saturated heterocycles. The second kappa shape index (κ2) is 11.7. The van der Waals surface area contributed by atoms with Gasteiger partial charge in [-0.25, -0.2) is 17.5 Å². The Morgan fingerprint density at radius 1 is 0.850 bits per heavy atom. The summed E-state index contributed by atoms with van der Waals surface area (Å²) in [6, 6.07) is 9.59. The quantitative estimate of drug-likeness (QED) is 0.296. The van der Waals surface area contributed by atoms with E-state index in [0.717, 1.165) is 36.5 Å². The van der Waals surface area contributed by atoms with E-state index in [0.29, 0.717) is 12.8 Å². The monoisotopic (exact) mass is 627 g/mol. The summed E-state index contributed by atoms with van der Waals surface area (Å²) in [4.78, 5) is -0.0246. The Morgan fingerprint density at radius 2 is 1.40 bits per heavy atom. The molecule has 0 aliphatic heterocycles. The number of halogens is 2. The van der Waals surface area contributed by atoms with Gasteiger partial charge in [-0.15, -0.1) is 0 Å². The van der Waals surface area contributed by atoms with Crippen molar-refractivity contribution in [3.63, 3.8) is 0 Å². The van der Waals surface area contributed by atoms with E-state index in [9.17, 15) is 12.8 Å². The normalized spacial score (nSPS) is 19.4. The highest BCUT2D eigenvalue weighted by Gasteiger charge is 2.41. The van der Waals surface area contributed by atoms with E-state index in [1.807, 2.05) is 0 Å². The molecule has 0 unspecified atom stereocenters. The largest absolute Gasteiger partial charge is 0.543 e. The first-order valence-electron chi connectivity index (χ1n) is 14.1. The van der Waals surface area contributed by atoms with E-state index >= 15 is 0 Å². The van der Waals surface area contributed by atoms with Crippen molar-refractivity contribution < 1.29 is 21.7 Å². The van der Waals surface area contributed by atoms with Gasteiger partial charge in [0.1, 0.15) is 17.3 Å². The second-order valence-corrected chi connectivity index (χ2v) is 25.7. The summed E-state index contributed by atoms with van der Waals surface area (Å²) < 4.78 is 55.7. The Balaban J connectivity index is 1.82. The first-order chi connectivity index (χ1) is 18.1. The summed E-state index contributed by atoms with van der Waals surface area (Å²) in [7, 11) is -7.95. The lowest BCUT2D eigenvalue weighted by Gasteiger charge is -2.39. The number of benzene rings is 2. The minimum atomic E-state index is -3.80. The summed E-state index contributed by atoms with van der Waals surface area (Å²) in [6.07, 6.45) is 3.04. The maximum Gasteiger partial charge on any atom is 0.250 e. The first-order valence-corrected chi connectivity index (χ1v) is 21.8. The van der Waals surface area contributed by atoms with Gasteiger partial charge < -0.3 is 8.85 Å². The molecule has 224 valence electrons. The van der Waals surface area contributed by atoms with Crippen molar-refractivity contribution >= 4 is 38.3 Å². The molecule has 10 heteroatoms. The highest BCUT2D eigenvalue weighted by molar-refractivity contribution is 7.89. The molecule has 1 saturated carbocycles. The molecule has 0 atom stereocenters. The van der Waals surface area contributed by atoms with Gasteiger partial charge in [-0.2, -0.15) is 0 Å². The van der Waals surface area contributed by atoms with Crippen LogP contribution < -0.4 is 13.6 Å². The van der Waals surface area contributed by atoms with E-state index in [1.165, 1.54) is 11.6 Å². The molecule has 0 bridgehead atoms. The maximum absolute atomic E-state index is 13.5. The first kappa shape index (κ1) is 33.1. The van der Waals surface area contributed by atoms with Crippen molar-refractivity contribution in [1.29, 1.82) is 0 Å². The lowest BCUT2D eigenvalue weighted by Crippen LogP contribution is -2.44. The number of hydrogen-bond acceptors (Lipinski definition) is 4. The van der Waals surface area contributed by atoms with Crippen molar-refractivity contribution in [1.82, 2.24) is 4.72 Å². The number of hydrogen-bond donors (Lipinski definition) is 1. The molecule has 0 radical (unpaired) electrons. The fourth-order valence-electron chi connectivity index (χ4n) is 4.33. The average molecular weight is 628 g/mol. The van der Waals surface area contributed by atoms with Crippen LogP contribution in [0.25, 0.3) is 0 Å². The van der Waals surface area contributed by atoms with Crippen LogP contribution in [0.2, 0.25) is 41.3 Å². The van der Waals surface area contributed by atoms with Crippen LogP contribution in [-0.2, 0) is 10.0 Å². The summed E-state index contributed by atoms with van der Waals surface area (Å²) in [6.45, 7) is 22.4. The highest BCUT2D eigenvalue weighted by Crippen LogP contribution is 2.45. The van der Waals surface area contributed by atoms with Gasteiger partial charge in [0, 0.05) is 12.1 Å². The molecule has 40 heavy (non-hydrogen) atoms. The van der Waals surface area contributed by atoms with Gasteiger partial charge in [-0.05, 0) is 97.7 Å². The zero-order chi connectivity index (χ0) is 30.3. The molecular formula is C30H47ClFNO4SSi2. The number of rotatable bonds is 8. The summed E-state index contributed by atoms with van der Waals surface area (Å²) in [5.41, 5.74) is 1.17. The molecule has 3 rings (SSSR count). The average Bonchev–Trinajstić information content (AvgIpc) is 2.79. The van der Waals surface area contributed by atoms with Crippen LogP contribution >= 0.6 is 11.6 Å². The zero-order valence-electron chi connectivity index (χ0n) is 25.7. The Bertz CT molecular complexity index is 1310. The predicted octanol–water partition coefficient (Wildman–Crippen LogP) is 9.25. The van der Waals surface area contributed by atoms with Crippen LogP contribution in [0.4, 0.5) is 4.39 Å². The lowest BCUT2D eigenvalue weighted by atomic mass is 9.81. The van der Waals surface area contributed by atoms with E-state index < -0.39 is 32.5 Å². The van der Waals surface area contributed by atoms with E-state index in [1.54, 1.807) is 0 Å². The molecule has 0 spiro atoms. The van der Waals surface area contributed by atoms with Gasteiger partial charge in [-0.3, -0.25) is 0 Å². The van der Waals surface area contributed by atoms with E-state index in [-0.39, 0.29) is 32.0 Å². The molecule has 2 aromatic carbocycles. The van der Waals surface area contributed by atoms with Crippen LogP contribution in [-0.4, -0.2) is 31.1 Å². The SMILES string of the molecule is CC(C)(C)[Si](C)(C)Oc1ccc(C2CCC(NS(=O)(=O)c3ccc(F)c(Cl)c3)CC2)c(O[Si](C)(C)C(C)(C)C)c1. The van der Waals surface area contributed by atoms with Crippen molar-refractivity contribution in [2.45, 2.75) is 120 Å². The minimum absolute atomic E-state index is 0.0246. The third-order valence-corrected chi connectivity index (χ3v) is 19.5. The van der Waals surface area contributed by atoms with Crippen molar-refractivity contribution in [2.24, 2.45) is 0 Å². The Kier molecular flexibility index (Phi) is 9.69. The molecule has 0 aromatic heterocycles. The molecule has 2 aromatic rings. The Labute approximate surface area is 248 Å². The molecule has 1 aliphatic carbocycles. The Morgan fingerprint density at radius 3 is 1.93 bits per heavy atom. The number of nitrogens with one attached hydrogen (secondary N) is 1. The molecule has 1 N–H and O–H groups in total. The van der Waals surface area contributed by atoms with Gasteiger partial charge in [0.2, 0.25) is 26.7 Å². The molecule has 0 heterocycles. The van der Waals surface area contributed by atoms with Crippen molar-refractivity contribution in [3.8, 4) is 11.5 Å². The lowest BCUT2D eigenvalue weighted by molar-refractivity contribution is 0.367. The summed E-state index contributed by atoms with van der Waals surface area (Å²) >= 11 is 5.82. The second-order valence-electron chi connectivity index (χ2n) is 14.2. The van der Waals surface area contributed by atoms with Gasteiger partial charge in [-0.1, -0.05) is 59.2 Å². The smallest absolute Gasteiger partial charge is 0.250 e. The predicted molar refractivity (Wildman–Crippen MR) is 169 cm³/mol. The van der Waals surface area contributed by atoms with Crippen molar-refractivity contribution in [2.75, 3.05) is 0 Å². The molecular weight excluding hydrogens is 581 g/mol. The van der Waals surface area contributed by atoms with Gasteiger partial charge in [0.25, 0.3) is 0 Å². The van der Waals surface area contributed by atoms with E-state index in [2.05, 4.69) is 90.7 Å². The molecule has 5 nitrogen and oxygen atoms in total. The maximum atomic E-state index is 13.5. The van der Waals surface area contributed by atoms with Crippen LogP contribution in [0.3, 0.4) is 0 Å². The minimum Gasteiger partial charge on any atom is -0.543 e. The van der Waals surface area contributed by atoms with Crippen LogP contribution in [0.15, 0.2) is 41.3 Å². The third-order valence-electron chi connectivity index (χ3n) is 9.03. The van der Waals surface area contributed by atoms with Gasteiger partial charge >= 0.3 is 0 Å². The summed E-state index contributed by atoms with van der Waals surface area (Å²) in [5, 5.41) is -0.0848. The topological polar surface area (TPSA) is 64.6 Å². The third kappa shape index (κ3) is 7.70. The fraction of sp³-hybridized carbons (Fsp3) is 0.600. The van der Waals surface area contributed by atoms with E-state index in [4.69, 9.17) is 20.5 Å². The van der Waals surface area contributed by atoms with Crippen molar-refractivity contribution in [3.05, 3.63) is 52.8 Å². The molecule has 1 fully saturated rings. The van der Waals surface area contributed by atoms with Crippen LogP contribution in [0, 0.1) is 5.82 Å². The molecule has 1 aliphatic rings. The zero-order valence-corrected chi connectivity index (χ0v) is 29.3. The van der Waals surface area contributed by atoms with Gasteiger partial charge in [0.05, 0.1) is 9.92 Å². The van der Waals surface area contributed by atoms with Gasteiger partial charge in [0.15, 0.2) is 0 Å². The standard InChI is InChI=1S/C30H47ClFNO4SSi2/c1-29(2,3)39(7,8)36-23-15-17-25(28(19-23)37-40(9,10)30(4,5)6)21-11-13-22(14-12-21)33-38(34,35)24-16-18-27(32)26(31)20-24/h15-22,33H,11-14H2,1-10H3. The molecule has 0 amide bonds. The van der Waals surface area contributed by atoms with Crippen LogP contribution in [0.5, 0.6) is 11.5 Å². The fourth-order valence-corrected chi connectivity index (χ4v) is 7.96. The Hall–Kier alpha value is -1.40. The van der Waals surface area contributed by atoms with Crippen LogP contribution in [0.1, 0.15) is 78.7 Å². The summed E-state index contributed by atoms with van der Waals surface area (Å²) in [5.74, 6) is 1.36.